The summed E-state index contributed by atoms with van der Waals surface area (Å²) < 4.78 is 11.0. The molecule has 0 radical (unpaired) electrons. The van der Waals surface area contributed by atoms with E-state index in [0.29, 0.717) is 13.0 Å². The number of ether oxygens (including phenoxy) is 2. The molecule has 226 valence electrons. The maximum absolute atomic E-state index is 11.9. The first-order valence-corrected chi connectivity index (χ1v) is 15.4. The number of alkyl halides is 3. The number of nitrogens with one attached hydrogen (secondary N) is 1. The van der Waals surface area contributed by atoms with E-state index in [1.54, 1.807) is 0 Å². The van der Waals surface area contributed by atoms with Gasteiger partial charge in [-0.15, -0.1) is 0 Å². The predicted octanol–water partition coefficient (Wildman–Crippen LogP) is 7.56. The molecule has 4 atom stereocenters. The van der Waals surface area contributed by atoms with Crippen LogP contribution in [0.1, 0.15) is 59.6 Å². The van der Waals surface area contributed by atoms with Crippen LogP contribution >= 0.6 is 34.8 Å². The molecular formula is C34H35Cl3N2O4. The van der Waals surface area contributed by atoms with Crippen LogP contribution in [0, 0.1) is 0 Å². The first-order valence-electron chi connectivity index (χ1n) is 14.2. The van der Waals surface area contributed by atoms with E-state index in [4.69, 9.17) is 44.3 Å². The van der Waals surface area contributed by atoms with Crippen molar-refractivity contribution in [1.82, 2.24) is 10.2 Å². The van der Waals surface area contributed by atoms with Gasteiger partial charge >= 0.3 is 0 Å². The van der Waals surface area contributed by atoms with Crippen LogP contribution in [0.3, 0.4) is 0 Å². The molecule has 9 heteroatoms. The highest BCUT2D eigenvalue weighted by Crippen LogP contribution is 2.39. The minimum atomic E-state index is -2.01. The molecule has 1 amide bonds. The van der Waals surface area contributed by atoms with E-state index in [1.807, 2.05) is 48.5 Å². The lowest BCUT2D eigenvalue weighted by molar-refractivity contribution is -0.253. The number of halogens is 3. The lowest BCUT2D eigenvalue weighted by atomic mass is 9.98. The highest BCUT2D eigenvalue weighted by Gasteiger charge is 2.34. The summed E-state index contributed by atoms with van der Waals surface area (Å²) in [7, 11) is 2.12. The van der Waals surface area contributed by atoms with Gasteiger partial charge in [-0.3, -0.25) is 9.69 Å². The summed E-state index contributed by atoms with van der Waals surface area (Å²) in [5, 5.41) is 14.6. The number of hydrogen-bond donors (Lipinski definition) is 2. The van der Waals surface area contributed by atoms with Gasteiger partial charge in [-0.1, -0.05) is 120 Å². The van der Waals surface area contributed by atoms with Crippen molar-refractivity contribution in [3.8, 4) is 0 Å². The Hall–Kier alpha value is -2.68. The number of nitrogens with zero attached hydrogens (tertiary/aromatic N) is 1. The smallest absolute Gasteiger partial charge is 0.272 e. The Morgan fingerprint density at radius 1 is 0.930 bits per heavy atom. The molecule has 0 spiro atoms. The van der Waals surface area contributed by atoms with Crippen LogP contribution in [0.2, 0.25) is 0 Å². The summed E-state index contributed by atoms with van der Waals surface area (Å²) in [6.07, 6.45) is -0.192. The molecule has 5 rings (SSSR count). The number of aliphatic hydroxyl groups is 1. The fraction of sp³-hybridized carbons (Fsp3) is 0.324. The number of likely N-dealkylation sites (N-methyl/N-ethyl adjacent to an activating group) is 1. The van der Waals surface area contributed by atoms with Gasteiger partial charge in [0.05, 0.1) is 18.8 Å². The highest BCUT2D eigenvalue weighted by atomic mass is 35.6. The van der Waals surface area contributed by atoms with Gasteiger partial charge in [0.15, 0.2) is 6.29 Å². The van der Waals surface area contributed by atoms with Crippen molar-refractivity contribution in [2.24, 2.45) is 0 Å². The minimum Gasteiger partial charge on any atom is -0.392 e. The number of amides is 1. The highest BCUT2D eigenvalue weighted by molar-refractivity contribution is 6.76. The Morgan fingerprint density at radius 3 is 2.26 bits per heavy atom. The number of carbonyl (C=O) groups is 1. The first-order chi connectivity index (χ1) is 20.6. The molecule has 0 saturated carbocycles. The summed E-state index contributed by atoms with van der Waals surface area (Å²) in [4.78, 5) is 14.2. The van der Waals surface area contributed by atoms with E-state index in [-0.39, 0.29) is 31.4 Å². The Bertz CT molecular complexity index is 1530. The molecule has 0 bridgehead atoms. The van der Waals surface area contributed by atoms with E-state index in [9.17, 15) is 9.90 Å². The molecule has 1 fully saturated rings. The molecule has 6 nitrogen and oxygen atoms in total. The number of benzene rings is 4. The molecule has 43 heavy (non-hydrogen) atoms. The zero-order valence-electron chi connectivity index (χ0n) is 24.1. The Kier molecular flexibility index (Phi) is 10.3. The first kappa shape index (κ1) is 31.7. The molecule has 0 aliphatic carbocycles. The summed E-state index contributed by atoms with van der Waals surface area (Å²) in [5.41, 5.74) is 4.84. The molecule has 0 aromatic heterocycles. The second-order valence-electron chi connectivity index (χ2n) is 11.0. The fourth-order valence-electron chi connectivity index (χ4n) is 5.31. The van der Waals surface area contributed by atoms with E-state index in [0.717, 1.165) is 22.3 Å². The van der Waals surface area contributed by atoms with Gasteiger partial charge in [0.1, 0.15) is 0 Å². The minimum absolute atomic E-state index is 0.00785. The summed E-state index contributed by atoms with van der Waals surface area (Å²) >= 11 is 17.0. The predicted molar refractivity (Wildman–Crippen MR) is 172 cm³/mol. The van der Waals surface area contributed by atoms with E-state index < -0.39 is 16.0 Å². The number of hydrogen-bond acceptors (Lipinski definition) is 5. The van der Waals surface area contributed by atoms with Crippen LogP contribution in [-0.2, 0) is 27.4 Å². The quantitative estimate of drug-likeness (QED) is 0.185. The van der Waals surface area contributed by atoms with Gasteiger partial charge in [-0.2, -0.15) is 0 Å². The van der Waals surface area contributed by atoms with Crippen molar-refractivity contribution in [3.63, 3.8) is 0 Å². The third kappa shape index (κ3) is 8.08. The van der Waals surface area contributed by atoms with E-state index in [1.165, 1.54) is 16.3 Å². The second-order valence-corrected chi connectivity index (χ2v) is 13.3. The van der Waals surface area contributed by atoms with Crippen LogP contribution in [0.15, 0.2) is 91.0 Å². The normalized spacial score (nSPS) is 19.8. The average molecular weight is 642 g/mol. The van der Waals surface area contributed by atoms with Crippen LogP contribution in [0.5, 0.6) is 0 Å². The lowest BCUT2D eigenvalue weighted by Crippen LogP contribution is -2.38. The SMILES string of the molecule is C[C@H](c1ccc2ccccc2c1)N(C)C[C@H]1C[C@@H](c2ccc(CO)cc2)O[C@@H](c2ccc(CNC(=O)C(Cl)(Cl)Cl)cc2)O1. The molecule has 2 N–H and O–H groups in total. The van der Waals surface area contributed by atoms with Gasteiger partial charge < -0.3 is 19.9 Å². The summed E-state index contributed by atoms with van der Waals surface area (Å²) in [5.74, 6) is -0.680. The number of fused-ring (bicyclic) bond motifs is 1. The molecule has 0 unspecified atom stereocenters. The molecule has 1 heterocycles. The molecule has 1 aliphatic heterocycles. The zero-order chi connectivity index (χ0) is 30.6. The third-order valence-corrected chi connectivity index (χ3v) is 8.50. The van der Waals surface area contributed by atoms with Crippen LogP contribution in [-0.4, -0.2) is 39.4 Å². The fourth-order valence-corrected chi connectivity index (χ4v) is 5.51. The van der Waals surface area contributed by atoms with E-state index >= 15 is 0 Å². The molecule has 4 aromatic rings. The number of carbonyl (C=O) groups excluding carboxylic acids is 1. The maximum Gasteiger partial charge on any atom is 0.272 e. The van der Waals surface area contributed by atoms with Crippen molar-refractivity contribution in [2.75, 3.05) is 13.6 Å². The Balaban J connectivity index is 1.32. The van der Waals surface area contributed by atoms with Crippen molar-refractivity contribution >= 4 is 51.5 Å². The molecule has 1 aliphatic rings. The van der Waals surface area contributed by atoms with Gasteiger partial charge in [0, 0.05) is 31.1 Å². The number of aliphatic hydroxyl groups excluding tert-OH is 1. The van der Waals surface area contributed by atoms with Crippen LogP contribution < -0.4 is 5.32 Å². The van der Waals surface area contributed by atoms with Crippen molar-refractivity contribution in [3.05, 3.63) is 119 Å². The van der Waals surface area contributed by atoms with Gasteiger partial charge in [0.25, 0.3) is 9.70 Å². The van der Waals surface area contributed by atoms with Crippen molar-refractivity contribution in [1.29, 1.82) is 0 Å². The lowest BCUT2D eigenvalue weighted by Gasteiger charge is -2.39. The Labute approximate surface area is 267 Å². The Morgan fingerprint density at radius 2 is 1.58 bits per heavy atom. The van der Waals surface area contributed by atoms with Gasteiger partial charge in [-0.25, -0.2) is 0 Å². The average Bonchev–Trinajstić information content (AvgIpc) is 3.02. The standard InChI is InChI=1S/C34H35Cl3N2O4/c1-22(28-16-15-25-5-3-4-6-29(25)17-28)39(2)20-30-18-31(26-11-9-24(21-40)10-12-26)43-32(42-30)27-13-7-23(8-14-27)19-38-33(41)34(35,36)37/h3-17,22,30-32,40H,18-21H2,1-2H3,(H,38,41)/t22-,30-,31+,32+/m1/s1. The summed E-state index contributed by atoms with van der Waals surface area (Å²) in [6, 6.07) is 30.7. The van der Waals surface area contributed by atoms with Crippen molar-refractivity contribution in [2.45, 2.75) is 54.8 Å². The van der Waals surface area contributed by atoms with Crippen molar-refractivity contribution < 1.29 is 19.4 Å². The van der Waals surface area contributed by atoms with Crippen LogP contribution in [0.25, 0.3) is 10.8 Å². The summed E-state index contributed by atoms with van der Waals surface area (Å²) in [6.45, 7) is 3.14. The van der Waals surface area contributed by atoms with Gasteiger partial charge in [-0.05, 0) is 53.1 Å². The van der Waals surface area contributed by atoms with Gasteiger partial charge in [0.2, 0.25) is 0 Å². The van der Waals surface area contributed by atoms with E-state index in [2.05, 4.69) is 66.7 Å². The zero-order valence-corrected chi connectivity index (χ0v) is 26.3. The largest absolute Gasteiger partial charge is 0.392 e. The molecule has 4 aromatic carbocycles. The second kappa shape index (κ2) is 14.0. The maximum atomic E-state index is 11.9. The number of rotatable bonds is 9. The third-order valence-electron chi connectivity index (χ3n) is 7.99. The topological polar surface area (TPSA) is 71.0 Å². The molecular weight excluding hydrogens is 607 g/mol. The van der Waals surface area contributed by atoms with Crippen LogP contribution in [0.4, 0.5) is 0 Å². The molecule has 1 saturated heterocycles. The monoisotopic (exact) mass is 640 g/mol.